The van der Waals surface area contributed by atoms with E-state index in [1.54, 1.807) is 18.2 Å². The molecule has 0 radical (unpaired) electrons. The molecular formula is C23H29Cl2NO4S. The second-order valence-electron chi connectivity index (χ2n) is 8.42. The van der Waals surface area contributed by atoms with Crippen LogP contribution in [0.2, 0.25) is 10.0 Å². The van der Waals surface area contributed by atoms with Gasteiger partial charge in [0, 0.05) is 24.2 Å². The highest BCUT2D eigenvalue weighted by atomic mass is 35.5. The molecule has 5 nitrogen and oxygen atoms in total. The Morgan fingerprint density at radius 2 is 1.87 bits per heavy atom. The Morgan fingerprint density at radius 3 is 2.45 bits per heavy atom. The van der Waals surface area contributed by atoms with Crippen molar-refractivity contribution >= 4 is 33.0 Å². The standard InChI is InChI=1S/C23H29Cl2NO4S/c1-16(2)18-5-3-17(4-6-18)12-26(20-9-10-31(28,29)15-20)13-21(27)14-30-23-8-7-19(24)11-22(23)25/h3-8,11,16,20-21,27H,9-10,12-15H2,1-2H3. The van der Waals surface area contributed by atoms with Crippen LogP contribution in [-0.2, 0) is 16.4 Å². The summed E-state index contributed by atoms with van der Waals surface area (Å²) in [7, 11) is -3.04. The van der Waals surface area contributed by atoms with Crippen LogP contribution >= 0.6 is 23.2 Å². The zero-order valence-electron chi connectivity index (χ0n) is 17.8. The van der Waals surface area contributed by atoms with Crippen LogP contribution in [0.5, 0.6) is 5.75 Å². The topological polar surface area (TPSA) is 66.8 Å². The lowest BCUT2D eigenvalue weighted by Gasteiger charge is -2.30. The van der Waals surface area contributed by atoms with Crippen molar-refractivity contribution in [2.24, 2.45) is 0 Å². The highest BCUT2D eigenvalue weighted by molar-refractivity contribution is 7.91. The SMILES string of the molecule is CC(C)c1ccc(CN(CC(O)COc2ccc(Cl)cc2Cl)C2CCS(=O)(=O)C2)cc1. The largest absolute Gasteiger partial charge is 0.489 e. The van der Waals surface area contributed by atoms with E-state index >= 15 is 0 Å². The molecule has 1 saturated heterocycles. The van der Waals surface area contributed by atoms with Gasteiger partial charge < -0.3 is 9.84 Å². The number of aliphatic hydroxyl groups is 1. The molecule has 2 unspecified atom stereocenters. The van der Waals surface area contributed by atoms with Gasteiger partial charge in [-0.2, -0.15) is 0 Å². The maximum Gasteiger partial charge on any atom is 0.151 e. The van der Waals surface area contributed by atoms with Crippen molar-refractivity contribution in [1.29, 1.82) is 0 Å². The number of nitrogens with zero attached hydrogens (tertiary/aromatic N) is 1. The van der Waals surface area contributed by atoms with Gasteiger partial charge in [0.1, 0.15) is 18.5 Å². The Labute approximate surface area is 194 Å². The molecular weight excluding hydrogens is 457 g/mol. The van der Waals surface area contributed by atoms with Gasteiger partial charge >= 0.3 is 0 Å². The third-order valence-electron chi connectivity index (χ3n) is 5.53. The first-order chi connectivity index (χ1) is 14.6. The van der Waals surface area contributed by atoms with Gasteiger partial charge in [-0.15, -0.1) is 0 Å². The minimum Gasteiger partial charge on any atom is -0.489 e. The molecule has 0 aliphatic carbocycles. The Morgan fingerprint density at radius 1 is 1.16 bits per heavy atom. The van der Waals surface area contributed by atoms with Gasteiger partial charge in [0.2, 0.25) is 0 Å². The van der Waals surface area contributed by atoms with E-state index < -0.39 is 15.9 Å². The first-order valence-corrected chi connectivity index (χ1v) is 13.0. The third kappa shape index (κ3) is 7.09. The molecule has 8 heteroatoms. The van der Waals surface area contributed by atoms with E-state index in [2.05, 4.69) is 38.1 Å². The molecule has 2 atom stereocenters. The Hall–Kier alpha value is -1.31. The quantitative estimate of drug-likeness (QED) is 0.564. The van der Waals surface area contributed by atoms with Gasteiger partial charge in [0.15, 0.2) is 9.84 Å². The molecule has 3 rings (SSSR count). The van der Waals surface area contributed by atoms with Gasteiger partial charge in [-0.05, 0) is 41.7 Å². The van der Waals surface area contributed by atoms with E-state index in [0.717, 1.165) is 5.56 Å². The number of hydrogen-bond acceptors (Lipinski definition) is 5. The van der Waals surface area contributed by atoms with Crippen molar-refractivity contribution in [2.45, 2.75) is 44.9 Å². The van der Waals surface area contributed by atoms with E-state index in [0.29, 0.717) is 41.2 Å². The fourth-order valence-electron chi connectivity index (χ4n) is 3.75. The second kappa shape index (κ2) is 10.5. The number of benzene rings is 2. The van der Waals surface area contributed by atoms with Crippen LogP contribution in [-0.4, -0.2) is 55.2 Å². The molecule has 0 bridgehead atoms. The molecule has 0 aromatic heterocycles. The molecule has 1 fully saturated rings. The molecule has 0 spiro atoms. The summed E-state index contributed by atoms with van der Waals surface area (Å²) in [6, 6.07) is 13.1. The van der Waals surface area contributed by atoms with Crippen molar-refractivity contribution < 1.29 is 18.3 Å². The molecule has 170 valence electrons. The van der Waals surface area contributed by atoms with Crippen LogP contribution in [0.3, 0.4) is 0 Å². The molecule has 0 amide bonds. The molecule has 2 aromatic rings. The number of hydrogen-bond donors (Lipinski definition) is 1. The molecule has 0 saturated carbocycles. The Balaban J connectivity index is 1.67. The summed E-state index contributed by atoms with van der Waals surface area (Å²) in [4.78, 5) is 2.05. The summed E-state index contributed by atoms with van der Waals surface area (Å²) in [6.45, 7) is 5.21. The maximum absolute atomic E-state index is 12.0. The number of sulfone groups is 1. The molecule has 1 aliphatic rings. The molecule has 1 N–H and O–H groups in total. The fraction of sp³-hybridized carbons (Fsp3) is 0.478. The summed E-state index contributed by atoms with van der Waals surface area (Å²) in [5, 5.41) is 11.5. The van der Waals surface area contributed by atoms with Crippen molar-refractivity contribution in [2.75, 3.05) is 24.7 Å². The Kier molecular flexibility index (Phi) is 8.27. The van der Waals surface area contributed by atoms with Crippen LogP contribution < -0.4 is 4.74 Å². The van der Waals surface area contributed by atoms with Crippen LogP contribution in [0, 0.1) is 0 Å². The fourth-order valence-corrected chi connectivity index (χ4v) is 5.97. The summed E-state index contributed by atoms with van der Waals surface area (Å²) in [5.41, 5.74) is 2.34. The highest BCUT2D eigenvalue weighted by Gasteiger charge is 2.33. The predicted octanol–water partition coefficient (Wildman–Crippen LogP) is 4.55. The van der Waals surface area contributed by atoms with E-state index in [9.17, 15) is 13.5 Å². The monoisotopic (exact) mass is 485 g/mol. The molecule has 2 aromatic carbocycles. The second-order valence-corrected chi connectivity index (χ2v) is 11.5. The number of halogens is 2. The highest BCUT2D eigenvalue weighted by Crippen LogP contribution is 2.28. The molecule has 1 heterocycles. The van der Waals surface area contributed by atoms with Crippen LogP contribution in [0.25, 0.3) is 0 Å². The van der Waals surface area contributed by atoms with Crippen LogP contribution in [0.1, 0.15) is 37.3 Å². The van der Waals surface area contributed by atoms with E-state index in [4.69, 9.17) is 27.9 Å². The first-order valence-electron chi connectivity index (χ1n) is 10.4. The minimum atomic E-state index is -3.04. The van der Waals surface area contributed by atoms with Crippen molar-refractivity contribution in [3.63, 3.8) is 0 Å². The Bertz CT molecular complexity index is 980. The van der Waals surface area contributed by atoms with Gasteiger partial charge in [0.05, 0.1) is 16.5 Å². The number of rotatable bonds is 9. The molecule has 31 heavy (non-hydrogen) atoms. The van der Waals surface area contributed by atoms with Crippen molar-refractivity contribution in [3.05, 3.63) is 63.6 Å². The van der Waals surface area contributed by atoms with Crippen LogP contribution in [0.4, 0.5) is 0 Å². The average Bonchev–Trinajstić information content (AvgIpc) is 3.07. The zero-order valence-corrected chi connectivity index (χ0v) is 20.1. The maximum atomic E-state index is 12.0. The lowest BCUT2D eigenvalue weighted by atomic mass is 10.0. The average molecular weight is 486 g/mol. The minimum absolute atomic E-state index is 0.0452. The van der Waals surface area contributed by atoms with Crippen LogP contribution in [0.15, 0.2) is 42.5 Å². The van der Waals surface area contributed by atoms with E-state index in [-0.39, 0.29) is 24.2 Å². The predicted molar refractivity (Wildman–Crippen MR) is 126 cm³/mol. The van der Waals surface area contributed by atoms with E-state index in [1.165, 1.54) is 5.56 Å². The van der Waals surface area contributed by atoms with Gasteiger partial charge in [-0.3, -0.25) is 4.90 Å². The van der Waals surface area contributed by atoms with Crippen molar-refractivity contribution in [3.8, 4) is 5.75 Å². The summed E-state index contributed by atoms with van der Waals surface area (Å²) >= 11 is 12.0. The normalized spacial score (nSPS) is 19.1. The first kappa shape index (κ1) is 24.3. The molecule has 1 aliphatic heterocycles. The van der Waals surface area contributed by atoms with Gasteiger partial charge in [0.25, 0.3) is 0 Å². The summed E-state index contributed by atoms with van der Waals surface area (Å²) < 4.78 is 29.7. The lowest BCUT2D eigenvalue weighted by Crippen LogP contribution is -2.42. The zero-order chi connectivity index (χ0) is 22.6. The third-order valence-corrected chi connectivity index (χ3v) is 7.81. The van der Waals surface area contributed by atoms with Crippen molar-refractivity contribution in [1.82, 2.24) is 4.90 Å². The van der Waals surface area contributed by atoms with Gasteiger partial charge in [-0.1, -0.05) is 61.3 Å². The van der Waals surface area contributed by atoms with Gasteiger partial charge in [-0.25, -0.2) is 8.42 Å². The smallest absolute Gasteiger partial charge is 0.151 e. The number of ether oxygens (including phenoxy) is 1. The lowest BCUT2D eigenvalue weighted by molar-refractivity contribution is 0.0525. The number of aliphatic hydroxyl groups excluding tert-OH is 1. The summed E-state index contributed by atoms with van der Waals surface area (Å²) in [5.74, 6) is 1.20. The van der Waals surface area contributed by atoms with E-state index in [1.807, 2.05) is 4.90 Å². The summed E-state index contributed by atoms with van der Waals surface area (Å²) in [6.07, 6.45) is -0.229.